The molecule has 0 atom stereocenters. The summed E-state index contributed by atoms with van der Waals surface area (Å²) in [6, 6.07) is 19.4. The predicted octanol–water partition coefficient (Wildman–Crippen LogP) is 5.41. The van der Waals surface area contributed by atoms with Gasteiger partial charge in [0.2, 0.25) is 6.79 Å². The Hall–Kier alpha value is -3.48. The lowest BCUT2D eigenvalue weighted by Gasteiger charge is -2.23. The fourth-order valence-electron chi connectivity index (χ4n) is 3.78. The van der Waals surface area contributed by atoms with Crippen molar-refractivity contribution in [1.82, 2.24) is 9.88 Å². The van der Waals surface area contributed by atoms with Gasteiger partial charge in [-0.2, -0.15) is 0 Å². The van der Waals surface area contributed by atoms with Crippen molar-refractivity contribution < 1.29 is 14.3 Å². The molecule has 8 heteroatoms. The number of ether oxygens (including phenoxy) is 2. The number of H-pyrrole nitrogens is 1. The van der Waals surface area contributed by atoms with Crippen LogP contribution >= 0.6 is 23.2 Å². The van der Waals surface area contributed by atoms with Gasteiger partial charge in [0.1, 0.15) is 0 Å². The van der Waals surface area contributed by atoms with Crippen molar-refractivity contribution in [2.75, 3.05) is 6.79 Å². The predicted molar refractivity (Wildman–Crippen MR) is 127 cm³/mol. The number of carbonyl (C=O) groups excluding carboxylic acids is 1. The molecular weight excluding hydrogens is 463 g/mol. The van der Waals surface area contributed by atoms with Crippen LogP contribution in [-0.4, -0.2) is 22.6 Å². The van der Waals surface area contributed by atoms with E-state index in [9.17, 15) is 9.59 Å². The van der Waals surface area contributed by atoms with Gasteiger partial charge in [-0.3, -0.25) is 9.59 Å². The summed E-state index contributed by atoms with van der Waals surface area (Å²) in [5.74, 6) is 0.926. The SMILES string of the molecule is O=C(c1ccccc1Cl)N(Cc1ccc(Cl)cc1)Cc1cc2cc3c(cc2[nH]c1=O)OCO3. The highest BCUT2D eigenvalue weighted by Gasteiger charge is 2.21. The average Bonchev–Trinajstić information content (AvgIpc) is 3.26. The minimum absolute atomic E-state index is 0.0897. The molecule has 1 amide bonds. The summed E-state index contributed by atoms with van der Waals surface area (Å²) in [7, 11) is 0. The zero-order chi connectivity index (χ0) is 22.9. The summed E-state index contributed by atoms with van der Waals surface area (Å²) in [5, 5.41) is 1.74. The highest BCUT2D eigenvalue weighted by atomic mass is 35.5. The Kier molecular flexibility index (Phi) is 5.70. The molecule has 1 aromatic heterocycles. The molecule has 0 fully saturated rings. The molecule has 166 valence electrons. The fraction of sp³-hybridized carbons (Fsp3) is 0.120. The minimum atomic E-state index is -0.283. The number of halogens is 2. The van der Waals surface area contributed by atoms with Crippen molar-refractivity contribution in [2.45, 2.75) is 13.1 Å². The molecule has 0 saturated heterocycles. The van der Waals surface area contributed by atoms with E-state index in [1.807, 2.05) is 18.2 Å². The first kappa shape index (κ1) is 21.4. The van der Waals surface area contributed by atoms with Crippen LogP contribution in [0.25, 0.3) is 10.9 Å². The van der Waals surface area contributed by atoms with Gasteiger partial charge in [-0.15, -0.1) is 0 Å². The van der Waals surface area contributed by atoms with Crippen LogP contribution < -0.4 is 15.0 Å². The van der Waals surface area contributed by atoms with Crippen LogP contribution in [0.3, 0.4) is 0 Å². The molecule has 5 rings (SSSR count). The third-order valence-corrected chi connectivity index (χ3v) is 6.04. The van der Waals surface area contributed by atoms with Crippen molar-refractivity contribution in [2.24, 2.45) is 0 Å². The molecule has 33 heavy (non-hydrogen) atoms. The first-order chi connectivity index (χ1) is 16.0. The minimum Gasteiger partial charge on any atom is -0.454 e. The third kappa shape index (κ3) is 4.40. The first-order valence-corrected chi connectivity index (χ1v) is 11.0. The zero-order valence-corrected chi connectivity index (χ0v) is 18.8. The lowest BCUT2D eigenvalue weighted by Crippen LogP contribution is -2.32. The van der Waals surface area contributed by atoms with E-state index in [0.717, 1.165) is 10.9 Å². The molecule has 0 spiro atoms. The van der Waals surface area contributed by atoms with Crippen LogP contribution in [0.2, 0.25) is 10.0 Å². The van der Waals surface area contributed by atoms with E-state index in [2.05, 4.69) is 4.98 Å². The largest absolute Gasteiger partial charge is 0.454 e. The highest BCUT2D eigenvalue weighted by molar-refractivity contribution is 6.33. The summed E-state index contributed by atoms with van der Waals surface area (Å²) < 4.78 is 10.8. The molecule has 3 aromatic carbocycles. The number of hydrogen-bond acceptors (Lipinski definition) is 4. The summed E-state index contributed by atoms with van der Waals surface area (Å²) in [6.07, 6.45) is 0. The molecule has 0 aliphatic carbocycles. The third-order valence-electron chi connectivity index (χ3n) is 5.45. The molecule has 0 bridgehead atoms. The van der Waals surface area contributed by atoms with Crippen molar-refractivity contribution in [1.29, 1.82) is 0 Å². The smallest absolute Gasteiger partial charge is 0.255 e. The van der Waals surface area contributed by atoms with E-state index in [1.54, 1.807) is 53.4 Å². The number of rotatable bonds is 5. The van der Waals surface area contributed by atoms with Crippen molar-refractivity contribution in [3.05, 3.63) is 104 Å². The molecule has 1 aliphatic rings. The van der Waals surface area contributed by atoms with Gasteiger partial charge in [-0.1, -0.05) is 47.5 Å². The number of aromatic amines is 1. The summed E-state index contributed by atoms with van der Waals surface area (Å²) in [5.41, 5.74) is 2.04. The molecule has 1 N–H and O–H groups in total. The second kappa shape index (κ2) is 8.81. The van der Waals surface area contributed by atoms with E-state index >= 15 is 0 Å². The van der Waals surface area contributed by atoms with Crippen LogP contribution in [-0.2, 0) is 13.1 Å². The van der Waals surface area contributed by atoms with Gasteiger partial charge in [0.05, 0.1) is 22.6 Å². The zero-order valence-electron chi connectivity index (χ0n) is 17.3. The Morgan fingerprint density at radius 1 is 0.939 bits per heavy atom. The average molecular weight is 481 g/mol. The number of pyridine rings is 1. The van der Waals surface area contributed by atoms with Gasteiger partial charge in [-0.05, 0) is 42.0 Å². The number of aromatic nitrogens is 1. The standard InChI is InChI=1S/C25H18Cl2N2O4/c26-18-7-5-15(6-8-18)12-29(25(31)19-3-1-2-4-20(19)27)13-17-9-16-10-22-23(33-14-32-22)11-21(16)28-24(17)30/h1-11H,12-14H2,(H,28,30). The molecule has 1 aliphatic heterocycles. The lowest BCUT2D eigenvalue weighted by atomic mass is 10.1. The van der Waals surface area contributed by atoms with E-state index in [0.29, 0.717) is 38.2 Å². The highest BCUT2D eigenvalue weighted by Crippen LogP contribution is 2.35. The van der Waals surface area contributed by atoms with E-state index in [-0.39, 0.29) is 31.3 Å². The molecule has 6 nitrogen and oxygen atoms in total. The number of fused-ring (bicyclic) bond motifs is 2. The van der Waals surface area contributed by atoms with Crippen molar-refractivity contribution in [3.63, 3.8) is 0 Å². The van der Waals surface area contributed by atoms with E-state index < -0.39 is 0 Å². The van der Waals surface area contributed by atoms with Gasteiger partial charge in [0.25, 0.3) is 11.5 Å². The van der Waals surface area contributed by atoms with Crippen LogP contribution in [0.1, 0.15) is 21.5 Å². The monoisotopic (exact) mass is 480 g/mol. The van der Waals surface area contributed by atoms with Crippen molar-refractivity contribution >= 4 is 40.0 Å². The van der Waals surface area contributed by atoms with E-state index in [1.165, 1.54) is 0 Å². The van der Waals surface area contributed by atoms with Crippen LogP contribution in [0.15, 0.2) is 71.5 Å². The number of hydrogen-bond donors (Lipinski definition) is 1. The summed E-state index contributed by atoms with van der Waals surface area (Å²) in [4.78, 5) is 30.8. The first-order valence-electron chi connectivity index (χ1n) is 10.2. The molecule has 0 saturated carbocycles. The van der Waals surface area contributed by atoms with Gasteiger partial charge in [0, 0.05) is 28.6 Å². The topological polar surface area (TPSA) is 71.6 Å². The Morgan fingerprint density at radius 3 is 2.42 bits per heavy atom. The van der Waals surface area contributed by atoms with Crippen molar-refractivity contribution in [3.8, 4) is 11.5 Å². The van der Waals surface area contributed by atoms with Crippen LogP contribution in [0, 0.1) is 0 Å². The number of benzene rings is 3. The Morgan fingerprint density at radius 2 is 1.67 bits per heavy atom. The normalized spacial score (nSPS) is 12.2. The molecule has 2 heterocycles. The number of amides is 1. The Balaban J connectivity index is 1.52. The Labute approximate surface area is 199 Å². The lowest BCUT2D eigenvalue weighted by molar-refractivity contribution is 0.0729. The molecule has 0 radical (unpaired) electrons. The molecular formula is C25H18Cl2N2O4. The second-order valence-corrected chi connectivity index (χ2v) is 8.53. The molecule has 0 unspecified atom stereocenters. The summed E-state index contributed by atoms with van der Waals surface area (Å²) in [6.45, 7) is 0.510. The van der Waals surface area contributed by atoms with Crippen LogP contribution in [0.5, 0.6) is 11.5 Å². The quantitative estimate of drug-likeness (QED) is 0.414. The maximum atomic E-state index is 13.4. The maximum absolute atomic E-state index is 13.4. The Bertz CT molecular complexity index is 1420. The van der Waals surface area contributed by atoms with Gasteiger partial charge >= 0.3 is 0 Å². The number of nitrogens with one attached hydrogen (secondary N) is 1. The maximum Gasteiger partial charge on any atom is 0.255 e. The van der Waals surface area contributed by atoms with Gasteiger partial charge < -0.3 is 19.4 Å². The van der Waals surface area contributed by atoms with E-state index in [4.69, 9.17) is 32.7 Å². The number of nitrogens with zero attached hydrogens (tertiary/aromatic N) is 1. The molecule has 4 aromatic rings. The van der Waals surface area contributed by atoms with Gasteiger partial charge in [0.15, 0.2) is 11.5 Å². The summed E-state index contributed by atoms with van der Waals surface area (Å²) >= 11 is 12.3. The number of carbonyl (C=O) groups is 1. The second-order valence-electron chi connectivity index (χ2n) is 7.68. The van der Waals surface area contributed by atoms with Crippen LogP contribution in [0.4, 0.5) is 0 Å². The van der Waals surface area contributed by atoms with Gasteiger partial charge in [-0.25, -0.2) is 0 Å². The fourth-order valence-corrected chi connectivity index (χ4v) is 4.12.